The Morgan fingerprint density at radius 2 is 1.76 bits per heavy atom. The highest BCUT2D eigenvalue weighted by Gasteiger charge is 2.10. The number of carboxylic acid groups (broad SMARTS) is 1. The molecule has 0 aliphatic heterocycles. The summed E-state index contributed by atoms with van der Waals surface area (Å²) in [5, 5.41) is 14.2. The Morgan fingerprint density at radius 1 is 1.14 bits per heavy atom. The van der Waals surface area contributed by atoms with Gasteiger partial charge in [-0.1, -0.05) is 32.9 Å². The molecule has 0 saturated carbocycles. The quantitative estimate of drug-likeness (QED) is 0.674. The summed E-state index contributed by atoms with van der Waals surface area (Å²) in [5.41, 5.74) is 1.97. The van der Waals surface area contributed by atoms with Gasteiger partial charge >= 0.3 is 12.0 Å². The molecule has 2 amide bonds. The van der Waals surface area contributed by atoms with Crippen LogP contribution in [-0.2, 0) is 4.79 Å². The molecule has 5 nitrogen and oxygen atoms in total. The molecule has 5 heteroatoms. The van der Waals surface area contributed by atoms with Gasteiger partial charge in [-0.05, 0) is 36.5 Å². The highest BCUT2D eigenvalue weighted by atomic mass is 16.4. The molecule has 0 bridgehead atoms. The van der Waals surface area contributed by atoms with Crippen molar-refractivity contribution in [3.63, 3.8) is 0 Å². The van der Waals surface area contributed by atoms with E-state index in [1.54, 1.807) is 6.92 Å². The number of nitrogens with one attached hydrogen (secondary N) is 2. The maximum Gasteiger partial charge on any atom is 0.319 e. The van der Waals surface area contributed by atoms with Gasteiger partial charge in [0.15, 0.2) is 0 Å². The van der Waals surface area contributed by atoms with E-state index in [0.717, 1.165) is 5.69 Å². The molecule has 21 heavy (non-hydrogen) atoms. The van der Waals surface area contributed by atoms with Crippen molar-refractivity contribution in [3.8, 4) is 0 Å². The summed E-state index contributed by atoms with van der Waals surface area (Å²) in [5.74, 6) is -0.716. The lowest BCUT2D eigenvalue weighted by Crippen LogP contribution is -2.29. The summed E-state index contributed by atoms with van der Waals surface area (Å²) in [4.78, 5) is 22.3. The second-order valence-electron chi connectivity index (χ2n) is 5.54. The summed E-state index contributed by atoms with van der Waals surface area (Å²) in [7, 11) is 0. The molecule has 1 unspecified atom stereocenters. The van der Waals surface area contributed by atoms with E-state index in [4.69, 9.17) is 5.11 Å². The van der Waals surface area contributed by atoms with Gasteiger partial charge in [-0.15, -0.1) is 0 Å². The zero-order valence-electron chi connectivity index (χ0n) is 12.8. The van der Waals surface area contributed by atoms with E-state index in [1.165, 1.54) is 5.56 Å². The number of aliphatic carboxylic acids is 1. The Morgan fingerprint density at radius 3 is 2.29 bits per heavy atom. The Labute approximate surface area is 125 Å². The van der Waals surface area contributed by atoms with Crippen LogP contribution in [0.25, 0.3) is 0 Å². The predicted octanol–water partition coefficient (Wildman–Crippen LogP) is 3.43. The van der Waals surface area contributed by atoms with Crippen LogP contribution >= 0.6 is 0 Å². The molecular formula is C16H24N2O3. The number of hydrogen-bond acceptors (Lipinski definition) is 2. The van der Waals surface area contributed by atoms with Crippen molar-refractivity contribution in [1.29, 1.82) is 0 Å². The van der Waals surface area contributed by atoms with E-state index in [2.05, 4.69) is 24.5 Å². The van der Waals surface area contributed by atoms with E-state index in [0.29, 0.717) is 25.3 Å². The first-order valence-electron chi connectivity index (χ1n) is 7.27. The van der Waals surface area contributed by atoms with Crippen molar-refractivity contribution in [2.24, 2.45) is 5.92 Å². The molecular weight excluding hydrogens is 268 g/mol. The number of urea groups is 1. The molecule has 0 saturated heterocycles. The van der Waals surface area contributed by atoms with Gasteiger partial charge in [0.25, 0.3) is 0 Å². The van der Waals surface area contributed by atoms with Crippen LogP contribution in [0, 0.1) is 5.92 Å². The monoisotopic (exact) mass is 292 g/mol. The minimum Gasteiger partial charge on any atom is -0.481 e. The minimum atomic E-state index is -0.801. The molecule has 0 fully saturated rings. The average Bonchev–Trinajstić information content (AvgIpc) is 2.43. The number of rotatable bonds is 7. The van der Waals surface area contributed by atoms with Crippen LogP contribution < -0.4 is 10.6 Å². The lowest BCUT2D eigenvalue weighted by molar-refractivity contribution is -0.141. The van der Waals surface area contributed by atoms with Crippen LogP contribution in [0.2, 0.25) is 0 Å². The van der Waals surface area contributed by atoms with Crippen LogP contribution in [0.1, 0.15) is 45.1 Å². The minimum absolute atomic E-state index is 0.268. The largest absolute Gasteiger partial charge is 0.481 e. The molecule has 0 radical (unpaired) electrons. The van der Waals surface area contributed by atoms with Crippen LogP contribution in [0.3, 0.4) is 0 Å². The summed E-state index contributed by atoms with van der Waals surface area (Å²) in [6.45, 7) is 6.37. The van der Waals surface area contributed by atoms with Gasteiger partial charge in [0.1, 0.15) is 0 Å². The fourth-order valence-corrected chi connectivity index (χ4v) is 1.86. The topological polar surface area (TPSA) is 78.4 Å². The second-order valence-corrected chi connectivity index (χ2v) is 5.54. The van der Waals surface area contributed by atoms with Crippen LogP contribution in [0.15, 0.2) is 24.3 Å². The van der Waals surface area contributed by atoms with Crippen molar-refractivity contribution in [2.75, 3.05) is 11.9 Å². The van der Waals surface area contributed by atoms with Gasteiger partial charge < -0.3 is 15.7 Å². The van der Waals surface area contributed by atoms with Gasteiger partial charge in [0.05, 0.1) is 5.92 Å². The van der Waals surface area contributed by atoms with Crippen LogP contribution in [-0.4, -0.2) is 23.7 Å². The Bertz CT molecular complexity index is 469. The van der Waals surface area contributed by atoms with Gasteiger partial charge in [0, 0.05) is 12.2 Å². The van der Waals surface area contributed by atoms with E-state index in [9.17, 15) is 9.59 Å². The fourth-order valence-electron chi connectivity index (χ4n) is 1.86. The van der Waals surface area contributed by atoms with Gasteiger partial charge in [-0.25, -0.2) is 4.79 Å². The third-order valence-electron chi connectivity index (χ3n) is 3.36. The number of amides is 2. The van der Waals surface area contributed by atoms with Crippen molar-refractivity contribution < 1.29 is 14.7 Å². The Hall–Kier alpha value is -2.04. The Balaban J connectivity index is 2.29. The SMILES string of the molecule is CC(CCCNC(=O)Nc1ccc(C(C)C)cc1)C(=O)O. The lowest BCUT2D eigenvalue weighted by Gasteiger charge is -2.10. The smallest absolute Gasteiger partial charge is 0.319 e. The number of carbonyl (C=O) groups is 2. The van der Waals surface area contributed by atoms with Crippen molar-refractivity contribution in [3.05, 3.63) is 29.8 Å². The number of carboxylic acids is 1. The third-order valence-corrected chi connectivity index (χ3v) is 3.36. The van der Waals surface area contributed by atoms with E-state index >= 15 is 0 Å². The number of hydrogen-bond donors (Lipinski definition) is 3. The summed E-state index contributed by atoms with van der Waals surface area (Å²) in [6, 6.07) is 7.47. The normalized spacial score (nSPS) is 12.0. The number of anilines is 1. The molecule has 116 valence electrons. The average molecular weight is 292 g/mol. The molecule has 0 spiro atoms. The first kappa shape index (κ1) is 17.0. The first-order chi connectivity index (χ1) is 9.90. The van der Waals surface area contributed by atoms with Crippen molar-refractivity contribution in [2.45, 2.75) is 39.5 Å². The van der Waals surface area contributed by atoms with E-state index in [1.807, 2.05) is 24.3 Å². The van der Waals surface area contributed by atoms with E-state index in [-0.39, 0.29) is 11.9 Å². The van der Waals surface area contributed by atoms with Crippen molar-refractivity contribution >= 4 is 17.7 Å². The zero-order valence-corrected chi connectivity index (χ0v) is 12.8. The maximum absolute atomic E-state index is 11.7. The standard InChI is InChI=1S/C16H24N2O3/c1-11(2)13-6-8-14(9-7-13)18-16(21)17-10-4-5-12(3)15(19)20/h6-9,11-12H,4-5,10H2,1-3H3,(H,19,20)(H2,17,18,21). The molecule has 3 N–H and O–H groups in total. The van der Waals surface area contributed by atoms with Crippen LogP contribution in [0.4, 0.5) is 10.5 Å². The third kappa shape index (κ3) is 6.29. The summed E-state index contributed by atoms with van der Waals surface area (Å²) < 4.78 is 0. The molecule has 0 aliphatic rings. The second kappa shape index (κ2) is 8.29. The van der Waals surface area contributed by atoms with E-state index < -0.39 is 5.97 Å². The predicted molar refractivity (Wildman–Crippen MR) is 83.6 cm³/mol. The molecule has 1 rings (SSSR count). The van der Waals surface area contributed by atoms with Crippen LogP contribution in [0.5, 0.6) is 0 Å². The number of carbonyl (C=O) groups excluding carboxylic acids is 1. The van der Waals surface area contributed by atoms with Gasteiger partial charge in [-0.3, -0.25) is 4.79 Å². The maximum atomic E-state index is 11.7. The zero-order chi connectivity index (χ0) is 15.8. The number of benzene rings is 1. The highest BCUT2D eigenvalue weighted by Crippen LogP contribution is 2.16. The Kier molecular flexibility index (Phi) is 6.72. The molecule has 0 aromatic heterocycles. The molecule has 1 aromatic rings. The highest BCUT2D eigenvalue weighted by molar-refractivity contribution is 5.89. The fraction of sp³-hybridized carbons (Fsp3) is 0.500. The van der Waals surface area contributed by atoms with Crippen molar-refractivity contribution in [1.82, 2.24) is 5.32 Å². The molecule has 0 aliphatic carbocycles. The van der Waals surface area contributed by atoms with Gasteiger partial charge in [0.2, 0.25) is 0 Å². The molecule has 1 aromatic carbocycles. The molecule has 1 atom stereocenters. The first-order valence-corrected chi connectivity index (χ1v) is 7.27. The summed E-state index contributed by atoms with van der Waals surface area (Å²) in [6.07, 6.45) is 1.20. The summed E-state index contributed by atoms with van der Waals surface area (Å²) >= 11 is 0. The van der Waals surface area contributed by atoms with Gasteiger partial charge in [-0.2, -0.15) is 0 Å². The lowest BCUT2D eigenvalue weighted by atomic mass is 10.0. The molecule has 0 heterocycles.